The molecule has 196 valence electrons. The quantitative estimate of drug-likeness (QED) is 0.543. The molecule has 1 aliphatic rings. The zero-order valence-corrected chi connectivity index (χ0v) is 22.3. The van der Waals surface area contributed by atoms with E-state index < -0.39 is 34.3 Å². The predicted molar refractivity (Wildman–Crippen MR) is 140 cm³/mol. The van der Waals surface area contributed by atoms with Crippen LogP contribution in [0.4, 0.5) is 10.1 Å². The van der Waals surface area contributed by atoms with E-state index in [1.54, 1.807) is 44.2 Å². The summed E-state index contributed by atoms with van der Waals surface area (Å²) in [5, 5.41) is 3.03. The Labute approximate surface area is 213 Å². The molecule has 36 heavy (non-hydrogen) atoms. The number of hydrogen-bond acceptors (Lipinski definition) is 4. The highest BCUT2D eigenvalue weighted by Gasteiger charge is 2.32. The summed E-state index contributed by atoms with van der Waals surface area (Å²) in [6.45, 7) is 4.62. The first kappa shape index (κ1) is 27.6. The molecule has 1 atom stereocenters. The van der Waals surface area contributed by atoms with E-state index in [1.165, 1.54) is 11.0 Å². The van der Waals surface area contributed by atoms with Gasteiger partial charge in [-0.05, 0) is 51.3 Å². The minimum atomic E-state index is -3.82. The molecule has 2 aromatic carbocycles. The molecule has 0 bridgehead atoms. The molecule has 0 saturated heterocycles. The normalized spacial score (nSPS) is 15.2. The summed E-state index contributed by atoms with van der Waals surface area (Å²) in [5.41, 5.74) is 2.31. The molecule has 1 N–H and O–H groups in total. The second-order valence-electron chi connectivity index (χ2n) is 9.69. The number of rotatable bonds is 9. The Hall–Kier alpha value is -2.94. The molecular formula is C27H36FN3O4S. The molecule has 0 heterocycles. The largest absolute Gasteiger partial charge is 0.352 e. The van der Waals surface area contributed by atoms with Gasteiger partial charge >= 0.3 is 0 Å². The van der Waals surface area contributed by atoms with Crippen LogP contribution in [0.25, 0.3) is 0 Å². The third-order valence-corrected chi connectivity index (χ3v) is 7.84. The fraction of sp³-hybridized carbons (Fsp3) is 0.481. The fourth-order valence-corrected chi connectivity index (χ4v) is 5.55. The van der Waals surface area contributed by atoms with Crippen LogP contribution in [-0.4, -0.2) is 50.0 Å². The van der Waals surface area contributed by atoms with Crippen LogP contribution < -0.4 is 9.62 Å². The summed E-state index contributed by atoms with van der Waals surface area (Å²) in [5.74, 6) is -1.41. The molecule has 3 rings (SSSR count). The van der Waals surface area contributed by atoms with Crippen LogP contribution in [-0.2, 0) is 26.2 Å². The van der Waals surface area contributed by atoms with E-state index in [1.807, 2.05) is 13.0 Å². The first-order chi connectivity index (χ1) is 17.0. The second-order valence-corrected chi connectivity index (χ2v) is 11.6. The van der Waals surface area contributed by atoms with E-state index in [0.29, 0.717) is 11.3 Å². The van der Waals surface area contributed by atoms with Gasteiger partial charge in [0, 0.05) is 18.2 Å². The molecule has 2 aromatic rings. The Morgan fingerprint density at radius 3 is 2.36 bits per heavy atom. The van der Waals surface area contributed by atoms with E-state index in [9.17, 15) is 22.4 Å². The molecule has 0 radical (unpaired) electrons. The lowest BCUT2D eigenvalue weighted by molar-refractivity contribution is -0.139. The summed E-state index contributed by atoms with van der Waals surface area (Å²) in [6, 6.07) is 10.5. The van der Waals surface area contributed by atoms with Crippen molar-refractivity contribution in [3.8, 4) is 0 Å². The number of amides is 2. The van der Waals surface area contributed by atoms with Crippen molar-refractivity contribution < 1.29 is 22.4 Å². The van der Waals surface area contributed by atoms with Crippen LogP contribution in [0.15, 0.2) is 42.5 Å². The first-order valence-corrected chi connectivity index (χ1v) is 14.2. The number of hydrogen-bond donors (Lipinski definition) is 1. The molecule has 1 unspecified atom stereocenters. The van der Waals surface area contributed by atoms with E-state index in [-0.39, 0.29) is 24.1 Å². The number of carbonyl (C=O) groups excluding carboxylic acids is 2. The van der Waals surface area contributed by atoms with Gasteiger partial charge in [-0.25, -0.2) is 12.8 Å². The van der Waals surface area contributed by atoms with Crippen molar-refractivity contribution in [1.29, 1.82) is 0 Å². The lowest BCUT2D eigenvalue weighted by Gasteiger charge is -2.33. The average Bonchev–Trinajstić information content (AvgIpc) is 2.82. The average molecular weight is 518 g/mol. The van der Waals surface area contributed by atoms with Gasteiger partial charge in [-0.1, -0.05) is 55.2 Å². The van der Waals surface area contributed by atoms with Crippen LogP contribution >= 0.6 is 0 Å². The molecule has 0 aliphatic heterocycles. The van der Waals surface area contributed by atoms with Gasteiger partial charge in [-0.2, -0.15) is 0 Å². The maximum atomic E-state index is 14.5. The van der Waals surface area contributed by atoms with Crippen LogP contribution in [0.2, 0.25) is 0 Å². The van der Waals surface area contributed by atoms with Crippen molar-refractivity contribution in [3.63, 3.8) is 0 Å². The maximum Gasteiger partial charge on any atom is 0.244 e. The van der Waals surface area contributed by atoms with Crippen LogP contribution in [0.3, 0.4) is 0 Å². The maximum absolute atomic E-state index is 14.5. The third kappa shape index (κ3) is 7.06. The number of halogens is 1. The number of benzene rings is 2. The summed E-state index contributed by atoms with van der Waals surface area (Å²) >= 11 is 0. The van der Waals surface area contributed by atoms with Gasteiger partial charge in [0.15, 0.2) is 0 Å². The van der Waals surface area contributed by atoms with Crippen molar-refractivity contribution in [2.24, 2.45) is 0 Å². The van der Waals surface area contributed by atoms with Crippen molar-refractivity contribution in [3.05, 3.63) is 65.0 Å². The Morgan fingerprint density at radius 1 is 1.08 bits per heavy atom. The zero-order valence-electron chi connectivity index (χ0n) is 21.5. The topological polar surface area (TPSA) is 86.8 Å². The molecule has 9 heteroatoms. The summed E-state index contributed by atoms with van der Waals surface area (Å²) in [4.78, 5) is 28.0. The number of nitrogens with zero attached hydrogens (tertiary/aromatic N) is 2. The number of sulfonamides is 1. The molecule has 0 spiro atoms. The van der Waals surface area contributed by atoms with Crippen molar-refractivity contribution in [2.75, 3.05) is 17.1 Å². The lowest BCUT2D eigenvalue weighted by atomic mass is 9.95. The van der Waals surface area contributed by atoms with Gasteiger partial charge in [0.2, 0.25) is 21.8 Å². The van der Waals surface area contributed by atoms with Crippen molar-refractivity contribution in [2.45, 2.75) is 71.5 Å². The molecule has 1 saturated carbocycles. The highest BCUT2D eigenvalue weighted by atomic mass is 32.2. The van der Waals surface area contributed by atoms with Gasteiger partial charge in [-0.15, -0.1) is 0 Å². The second kappa shape index (κ2) is 11.9. The highest BCUT2D eigenvalue weighted by molar-refractivity contribution is 7.92. The summed E-state index contributed by atoms with van der Waals surface area (Å²) in [6.07, 6.45) is 6.02. The zero-order chi connectivity index (χ0) is 26.5. The third-order valence-electron chi connectivity index (χ3n) is 6.72. The summed E-state index contributed by atoms with van der Waals surface area (Å²) < 4.78 is 41.0. The Morgan fingerprint density at radius 2 is 1.75 bits per heavy atom. The molecule has 1 fully saturated rings. The van der Waals surface area contributed by atoms with Crippen molar-refractivity contribution in [1.82, 2.24) is 10.2 Å². The number of carbonyl (C=O) groups is 2. The van der Waals surface area contributed by atoms with Crippen LogP contribution in [0, 0.1) is 19.7 Å². The lowest BCUT2D eigenvalue weighted by Crippen LogP contribution is -2.53. The Balaban J connectivity index is 1.90. The van der Waals surface area contributed by atoms with E-state index in [4.69, 9.17) is 0 Å². The predicted octanol–water partition coefficient (Wildman–Crippen LogP) is 4.07. The van der Waals surface area contributed by atoms with Crippen molar-refractivity contribution >= 4 is 27.5 Å². The molecule has 7 nitrogen and oxygen atoms in total. The SMILES string of the molecule is Cc1ccc(N(CC(=O)N(Cc2ccccc2F)C(C)C(=O)NC2CCCCC2)S(C)(=O)=O)c(C)c1. The Bertz CT molecular complexity index is 1200. The van der Waals surface area contributed by atoms with E-state index in [0.717, 1.165) is 48.2 Å². The standard InChI is InChI=1S/C27H36FN3O4S/c1-19-14-15-25(20(2)16-19)31(36(4,34)35)18-26(32)30(17-22-10-8-9-13-24(22)28)21(3)27(33)29-23-11-6-5-7-12-23/h8-10,13-16,21,23H,5-7,11-12,17-18H2,1-4H3,(H,29,33). The van der Waals surface area contributed by atoms with E-state index >= 15 is 0 Å². The molecular weight excluding hydrogens is 481 g/mol. The van der Waals surface area contributed by atoms with Gasteiger partial charge in [-0.3, -0.25) is 13.9 Å². The van der Waals surface area contributed by atoms with Gasteiger partial charge < -0.3 is 10.2 Å². The summed E-state index contributed by atoms with van der Waals surface area (Å²) in [7, 11) is -3.82. The highest BCUT2D eigenvalue weighted by Crippen LogP contribution is 2.25. The van der Waals surface area contributed by atoms with Gasteiger partial charge in [0.25, 0.3) is 0 Å². The van der Waals surface area contributed by atoms with Gasteiger partial charge in [0.1, 0.15) is 18.4 Å². The van der Waals surface area contributed by atoms with E-state index in [2.05, 4.69) is 5.32 Å². The first-order valence-electron chi connectivity index (χ1n) is 12.4. The number of nitrogens with one attached hydrogen (secondary N) is 1. The number of anilines is 1. The monoisotopic (exact) mass is 517 g/mol. The Kier molecular flexibility index (Phi) is 9.11. The number of aryl methyl sites for hydroxylation is 2. The van der Waals surface area contributed by atoms with Crippen LogP contribution in [0.1, 0.15) is 55.7 Å². The molecule has 2 amide bonds. The minimum absolute atomic E-state index is 0.0434. The fourth-order valence-electron chi connectivity index (χ4n) is 4.64. The molecule has 0 aromatic heterocycles. The molecule has 1 aliphatic carbocycles. The van der Waals surface area contributed by atoms with Crippen LogP contribution in [0.5, 0.6) is 0 Å². The minimum Gasteiger partial charge on any atom is -0.352 e. The smallest absolute Gasteiger partial charge is 0.244 e. The van der Waals surface area contributed by atoms with Gasteiger partial charge in [0.05, 0.1) is 11.9 Å².